The van der Waals surface area contributed by atoms with Crippen molar-refractivity contribution >= 4 is 36.4 Å². The van der Waals surface area contributed by atoms with Crippen LogP contribution < -0.4 is 10.2 Å². The van der Waals surface area contributed by atoms with Gasteiger partial charge in [-0.25, -0.2) is 0 Å². The fourth-order valence-electron chi connectivity index (χ4n) is 2.62. The van der Waals surface area contributed by atoms with E-state index in [0.29, 0.717) is 5.92 Å². The minimum atomic E-state index is 0. The van der Waals surface area contributed by atoms with Crippen LogP contribution in [0.3, 0.4) is 0 Å². The van der Waals surface area contributed by atoms with Crippen molar-refractivity contribution in [3.05, 3.63) is 24.0 Å². The summed E-state index contributed by atoms with van der Waals surface area (Å²) in [5, 5.41) is 3.28. The fourth-order valence-corrected chi connectivity index (χ4v) is 2.62. The second-order valence-corrected chi connectivity index (χ2v) is 4.20. The summed E-state index contributed by atoms with van der Waals surface area (Å²) in [6.07, 6.45) is 3.63. The largest absolute Gasteiger partial charge is 0.315 e. The lowest BCUT2D eigenvalue weighted by Crippen LogP contribution is -2.40. The van der Waals surface area contributed by atoms with Crippen LogP contribution in [0.15, 0.2) is 18.5 Å². The molecule has 2 aliphatic rings. The van der Waals surface area contributed by atoms with Crippen LogP contribution in [-0.2, 0) is 4.79 Å². The fraction of sp³-hybridized carbons (Fsp3) is 0.455. The van der Waals surface area contributed by atoms with Crippen molar-refractivity contribution in [2.24, 2.45) is 5.92 Å². The molecule has 1 aromatic rings. The van der Waals surface area contributed by atoms with E-state index < -0.39 is 0 Å². The van der Waals surface area contributed by atoms with Gasteiger partial charge in [-0.2, -0.15) is 0 Å². The molecule has 0 radical (unpaired) electrons. The number of aromatic nitrogens is 1. The minimum Gasteiger partial charge on any atom is -0.315 e. The monoisotopic (exact) mass is 275 g/mol. The highest BCUT2D eigenvalue weighted by Crippen LogP contribution is 2.39. The van der Waals surface area contributed by atoms with Crippen molar-refractivity contribution < 1.29 is 4.79 Å². The second-order valence-electron chi connectivity index (χ2n) is 4.20. The van der Waals surface area contributed by atoms with E-state index in [1.807, 2.05) is 19.3 Å². The average Bonchev–Trinajstić information content (AvgIpc) is 2.75. The Labute approximate surface area is 113 Å². The molecule has 2 atom stereocenters. The molecule has 1 fully saturated rings. The third-order valence-electron chi connectivity index (χ3n) is 3.45. The Balaban J connectivity index is 0.000000722. The number of anilines is 1. The lowest BCUT2D eigenvalue weighted by molar-refractivity contribution is -0.122. The van der Waals surface area contributed by atoms with Gasteiger partial charge in [-0.15, -0.1) is 24.8 Å². The molecule has 94 valence electrons. The first kappa shape index (κ1) is 14.2. The van der Waals surface area contributed by atoms with Gasteiger partial charge in [0.25, 0.3) is 0 Å². The van der Waals surface area contributed by atoms with Gasteiger partial charge in [0, 0.05) is 44.1 Å². The van der Waals surface area contributed by atoms with Gasteiger partial charge in [-0.05, 0) is 11.6 Å². The maximum Gasteiger partial charge on any atom is 0.231 e. The van der Waals surface area contributed by atoms with Crippen LogP contribution >= 0.6 is 24.8 Å². The van der Waals surface area contributed by atoms with Crippen molar-refractivity contribution in [2.45, 2.75) is 5.92 Å². The number of carbonyl (C=O) groups excluding carboxylic acids is 1. The minimum absolute atomic E-state index is 0. The first-order valence-corrected chi connectivity index (χ1v) is 5.21. The highest BCUT2D eigenvalue weighted by atomic mass is 35.5. The highest BCUT2D eigenvalue weighted by molar-refractivity contribution is 5.98. The molecule has 1 aromatic heterocycles. The number of carbonyl (C=O) groups is 1. The molecule has 0 unspecified atom stereocenters. The van der Waals surface area contributed by atoms with E-state index in [0.717, 1.165) is 18.8 Å². The topological polar surface area (TPSA) is 45.2 Å². The van der Waals surface area contributed by atoms with Crippen LogP contribution in [-0.4, -0.2) is 31.0 Å². The molecule has 0 saturated carbocycles. The Hall–Kier alpha value is -0.840. The number of hydrogen-bond acceptors (Lipinski definition) is 3. The predicted octanol–water partition coefficient (Wildman–Crippen LogP) is 1.20. The Morgan fingerprint density at radius 3 is 2.82 bits per heavy atom. The first-order chi connectivity index (χ1) is 7.29. The lowest BCUT2D eigenvalue weighted by atomic mass is 9.84. The quantitative estimate of drug-likeness (QED) is 0.774. The van der Waals surface area contributed by atoms with Crippen LogP contribution in [0, 0.1) is 5.92 Å². The summed E-state index contributed by atoms with van der Waals surface area (Å²) in [4.78, 5) is 17.9. The molecule has 2 aliphatic heterocycles. The molecule has 6 heteroatoms. The molecule has 1 saturated heterocycles. The Kier molecular flexibility index (Phi) is 4.36. The van der Waals surface area contributed by atoms with Gasteiger partial charge in [0.05, 0.1) is 5.92 Å². The van der Waals surface area contributed by atoms with Crippen molar-refractivity contribution in [1.29, 1.82) is 0 Å². The number of nitrogens with zero attached hydrogens (tertiary/aromatic N) is 2. The van der Waals surface area contributed by atoms with Crippen molar-refractivity contribution in [1.82, 2.24) is 10.3 Å². The number of halogens is 2. The number of hydrogen-bond donors (Lipinski definition) is 1. The molecule has 3 heterocycles. The molecular weight excluding hydrogens is 261 g/mol. The smallest absolute Gasteiger partial charge is 0.231 e. The van der Waals surface area contributed by atoms with Gasteiger partial charge >= 0.3 is 0 Å². The molecule has 4 nitrogen and oxygen atoms in total. The van der Waals surface area contributed by atoms with E-state index in [1.165, 1.54) is 5.56 Å². The van der Waals surface area contributed by atoms with Crippen LogP contribution in [0.1, 0.15) is 11.5 Å². The summed E-state index contributed by atoms with van der Waals surface area (Å²) in [6, 6.07) is 1.92. The molecular formula is C11H15Cl2N3O. The van der Waals surface area contributed by atoms with Crippen molar-refractivity contribution in [3.8, 4) is 0 Å². The Morgan fingerprint density at radius 1 is 1.35 bits per heavy atom. The molecule has 17 heavy (non-hydrogen) atoms. The third-order valence-corrected chi connectivity index (χ3v) is 3.45. The average molecular weight is 276 g/mol. The number of rotatable bonds is 0. The van der Waals surface area contributed by atoms with Crippen LogP contribution in [0.25, 0.3) is 0 Å². The summed E-state index contributed by atoms with van der Waals surface area (Å²) in [5.41, 5.74) is 2.22. The van der Waals surface area contributed by atoms with Crippen LogP contribution in [0.4, 0.5) is 5.69 Å². The molecule has 0 aliphatic carbocycles. The summed E-state index contributed by atoms with van der Waals surface area (Å²) in [5.74, 6) is 0.646. The van der Waals surface area contributed by atoms with Gasteiger partial charge in [-0.3, -0.25) is 9.78 Å². The second kappa shape index (κ2) is 5.21. The van der Waals surface area contributed by atoms with E-state index in [9.17, 15) is 4.79 Å². The third kappa shape index (κ3) is 2.01. The zero-order valence-electron chi connectivity index (χ0n) is 9.42. The van der Waals surface area contributed by atoms with E-state index >= 15 is 0 Å². The summed E-state index contributed by atoms with van der Waals surface area (Å²) >= 11 is 0. The molecule has 3 rings (SSSR count). The predicted molar refractivity (Wildman–Crippen MR) is 71.2 cm³/mol. The molecule has 0 aromatic carbocycles. The summed E-state index contributed by atoms with van der Waals surface area (Å²) in [7, 11) is 1.84. The SMILES string of the molecule is CN1C(=O)[C@H]2CNC[C@H]2c2cnccc21.Cl.Cl. The summed E-state index contributed by atoms with van der Waals surface area (Å²) < 4.78 is 0. The van der Waals surface area contributed by atoms with Gasteiger partial charge in [0.15, 0.2) is 0 Å². The van der Waals surface area contributed by atoms with E-state index in [2.05, 4.69) is 10.3 Å². The lowest BCUT2D eigenvalue weighted by Gasteiger charge is -2.33. The Morgan fingerprint density at radius 2 is 2.06 bits per heavy atom. The molecule has 1 amide bonds. The van der Waals surface area contributed by atoms with E-state index in [1.54, 1.807) is 11.1 Å². The maximum atomic E-state index is 12.0. The van der Waals surface area contributed by atoms with E-state index in [-0.39, 0.29) is 36.6 Å². The highest BCUT2D eigenvalue weighted by Gasteiger charge is 2.41. The number of fused-ring (bicyclic) bond motifs is 3. The van der Waals surface area contributed by atoms with Gasteiger partial charge < -0.3 is 10.2 Å². The normalized spacial score (nSPS) is 25.5. The molecule has 1 N–H and O–H groups in total. The van der Waals surface area contributed by atoms with Crippen LogP contribution in [0.2, 0.25) is 0 Å². The zero-order chi connectivity index (χ0) is 10.4. The van der Waals surface area contributed by atoms with Gasteiger partial charge in [-0.1, -0.05) is 0 Å². The zero-order valence-corrected chi connectivity index (χ0v) is 11.1. The van der Waals surface area contributed by atoms with Crippen LogP contribution in [0.5, 0.6) is 0 Å². The van der Waals surface area contributed by atoms with E-state index in [4.69, 9.17) is 0 Å². The molecule has 0 spiro atoms. The maximum absolute atomic E-state index is 12.0. The standard InChI is InChI=1S/C11H13N3O.2ClH/c1-14-10-2-3-12-5-8(10)7-4-13-6-9(7)11(14)15;;/h2-3,5,7,9,13H,4,6H2,1H3;2*1H/t7-,9-;;/m0../s1. The Bertz CT molecular complexity index is 427. The molecule has 0 bridgehead atoms. The van der Waals surface area contributed by atoms with Gasteiger partial charge in [0.1, 0.15) is 0 Å². The number of pyridine rings is 1. The van der Waals surface area contributed by atoms with Crippen molar-refractivity contribution in [2.75, 3.05) is 25.0 Å². The summed E-state index contributed by atoms with van der Waals surface area (Å²) in [6.45, 7) is 1.69. The first-order valence-electron chi connectivity index (χ1n) is 5.21. The number of amides is 1. The number of nitrogens with one attached hydrogen (secondary N) is 1. The van der Waals surface area contributed by atoms with Crippen molar-refractivity contribution in [3.63, 3.8) is 0 Å². The van der Waals surface area contributed by atoms with Gasteiger partial charge in [0.2, 0.25) is 5.91 Å².